The zero-order valence-corrected chi connectivity index (χ0v) is 20.4. The van der Waals surface area contributed by atoms with Crippen LogP contribution in [0.3, 0.4) is 0 Å². The Hall–Kier alpha value is -2.40. The van der Waals surface area contributed by atoms with Crippen LogP contribution < -0.4 is 4.90 Å². The van der Waals surface area contributed by atoms with Gasteiger partial charge in [0.2, 0.25) is 0 Å². The zero-order chi connectivity index (χ0) is 23.1. The van der Waals surface area contributed by atoms with Gasteiger partial charge in [-0.3, -0.25) is 14.3 Å². The second-order valence-electron chi connectivity index (χ2n) is 6.54. The summed E-state index contributed by atoms with van der Waals surface area (Å²) in [6, 6.07) is 10.5. The predicted molar refractivity (Wildman–Crippen MR) is 135 cm³/mol. The topological polar surface area (TPSA) is 39.1 Å². The van der Waals surface area contributed by atoms with Crippen LogP contribution in [-0.2, 0) is 0 Å². The Labute approximate surface area is 194 Å². The summed E-state index contributed by atoms with van der Waals surface area (Å²) >= 11 is 3.49. The fraction of sp³-hybridized carbons (Fsp3) is 0.360. The van der Waals surface area contributed by atoms with E-state index in [-0.39, 0.29) is 5.76 Å². The molecule has 4 nitrogen and oxygen atoms in total. The van der Waals surface area contributed by atoms with Crippen molar-refractivity contribution in [2.24, 2.45) is 4.99 Å². The molecule has 0 saturated carbocycles. The lowest BCUT2D eigenvalue weighted by atomic mass is 10.1. The van der Waals surface area contributed by atoms with Gasteiger partial charge in [-0.2, -0.15) is 0 Å². The van der Waals surface area contributed by atoms with Gasteiger partial charge in [-0.1, -0.05) is 48.0 Å². The Morgan fingerprint density at radius 1 is 1.16 bits per heavy atom. The summed E-state index contributed by atoms with van der Waals surface area (Å²) < 4.78 is 10.5. The number of para-hydroxylation sites is 1. The molecule has 1 aromatic carbocycles. The van der Waals surface area contributed by atoms with E-state index in [2.05, 4.69) is 60.7 Å². The molecule has 2 aliphatic heterocycles. The number of piperazine rings is 1. The maximum atomic E-state index is 10.8. The highest BCUT2D eigenvalue weighted by molar-refractivity contribution is 9.11. The van der Waals surface area contributed by atoms with Crippen LogP contribution in [0.2, 0.25) is 0 Å². The molecular weight excluding hydrogens is 457 g/mol. The van der Waals surface area contributed by atoms with Crippen LogP contribution >= 0.6 is 15.9 Å². The molecule has 0 bridgehead atoms. The van der Waals surface area contributed by atoms with Crippen molar-refractivity contribution in [2.75, 3.05) is 44.8 Å². The maximum Gasteiger partial charge on any atom is 0.146 e. The van der Waals surface area contributed by atoms with Crippen LogP contribution in [0.15, 0.2) is 87.4 Å². The summed E-state index contributed by atoms with van der Waals surface area (Å²) in [5, 5.41) is 10.8. The Balaban J connectivity index is 0.00000113. The van der Waals surface area contributed by atoms with Crippen LogP contribution in [-0.4, -0.2) is 55.6 Å². The second-order valence-corrected chi connectivity index (χ2v) is 7.79. The molecule has 2 aliphatic rings. The van der Waals surface area contributed by atoms with Gasteiger partial charge in [-0.15, -0.1) is 5.73 Å². The summed E-state index contributed by atoms with van der Waals surface area (Å²) in [5.41, 5.74) is 5.65. The molecule has 0 spiro atoms. The lowest BCUT2D eigenvalue weighted by Crippen LogP contribution is -2.47. The van der Waals surface area contributed by atoms with E-state index in [1.165, 1.54) is 5.69 Å². The third-order valence-corrected chi connectivity index (χ3v) is 4.75. The summed E-state index contributed by atoms with van der Waals surface area (Å²) in [5.74, 6) is 0.201. The first kappa shape index (κ1) is 26.6. The quantitative estimate of drug-likeness (QED) is 0.303. The minimum absolute atomic E-state index is 0.201. The van der Waals surface area contributed by atoms with Crippen molar-refractivity contribution < 1.29 is 9.50 Å². The lowest BCUT2D eigenvalue weighted by Gasteiger charge is -2.36. The van der Waals surface area contributed by atoms with E-state index in [0.717, 1.165) is 36.2 Å². The molecule has 0 atom stereocenters. The number of allylic oxidation sites excluding steroid dienone is 3. The number of rotatable bonds is 5. The Morgan fingerprint density at radius 3 is 2.42 bits per heavy atom. The fourth-order valence-electron chi connectivity index (χ4n) is 3.15. The first-order chi connectivity index (χ1) is 15.1. The number of nitrogens with zero attached hydrogens (tertiary/aromatic N) is 3. The van der Waals surface area contributed by atoms with Crippen LogP contribution in [0, 0.1) is 0 Å². The average Bonchev–Trinajstić information content (AvgIpc) is 3.11. The molecule has 0 aliphatic carbocycles. The van der Waals surface area contributed by atoms with Crippen molar-refractivity contribution in [3.05, 3.63) is 82.4 Å². The van der Waals surface area contributed by atoms with E-state index in [0.29, 0.717) is 19.4 Å². The van der Waals surface area contributed by atoms with Crippen LogP contribution in [0.4, 0.5) is 10.1 Å². The SMILES string of the molecule is C/C(Br)=C\C(CN1CCN(c2ccccc2)CC1)=C(\O)C1=NC=CC=C=C1.CC.CF. The van der Waals surface area contributed by atoms with Gasteiger partial charge >= 0.3 is 0 Å². The average molecular weight is 490 g/mol. The van der Waals surface area contributed by atoms with Crippen molar-refractivity contribution in [2.45, 2.75) is 20.8 Å². The minimum atomic E-state index is 0.201. The first-order valence-electron chi connectivity index (χ1n) is 10.5. The molecular formula is C25H33BrFN3O. The minimum Gasteiger partial charge on any atom is -0.505 e. The molecule has 1 N–H and O–H groups in total. The van der Waals surface area contributed by atoms with Gasteiger partial charge in [0.1, 0.15) is 11.5 Å². The van der Waals surface area contributed by atoms with Crippen LogP contribution in [0.1, 0.15) is 20.8 Å². The standard InChI is InChI=1S/C22H24BrN3O.C2H6.CH3F/c1-18(23)16-19(22(27)21-10-6-3-7-11-24-21)17-25-12-14-26(15-13-25)20-8-4-2-5-9-20;2*1-2/h2-5,7-11,16,27H,12-15,17H2,1H3;1-2H3;1H3/b18-16+,22-19-;;. The monoisotopic (exact) mass is 489 g/mol. The number of hydrogen-bond acceptors (Lipinski definition) is 4. The summed E-state index contributed by atoms with van der Waals surface area (Å²) in [4.78, 5) is 9.07. The molecule has 0 unspecified atom stereocenters. The molecule has 3 rings (SSSR count). The largest absolute Gasteiger partial charge is 0.505 e. The molecule has 0 radical (unpaired) electrons. The summed E-state index contributed by atoms with van der Waals surface area (Å²) in [6.45, 7) is 10.5. The van der Waals surface area contributed by atoms with Crippen molar-refractivity contribution in [1.82, 2.24) is 4.90 Å². The third-order valence-electron chi connectivity index (χ3n) is 4.52. The van der Waals surface area contributed by atoms with Crippen molar-refractivity contribution in [3.8, 4) is 0 Å². The van der Waals surface area contributed by atoms with Crippen LogP contribution in [0.5, 0.6) is 0 Å². The van der Waals surface area contributed by atoms with Crippen LogP contribution in [0.25, 0.3) is 0 Å². The Kier molecular flexibility index (Phi) is 13.2. The zero-order valence-electron chi connectivity index (χ0n) is 18.9. The van der Waals surface area contributed by atoms with Crippen molar-refractivity contribution >= 4 is 27.3 Å². The number of benzene rings is 1. The molecule has 0 aromatic heterocycles. The van der Waals surface area contributed by atoms with E-state index in [9.17, 15) is 9.50 Å². The fourth-order valence-corrected chi connectivity index (χ4v) is 3.43. The smallest absolute Gasteiger partial charge is 0.146 e. The summed E-state index contributed by atoms with van der Waals surface area (Å²) in [7, 11) is 0.500. The molecule has 31 heavy (non-hydrogen) atoms. The highest BCUT2D eigenvalue weighted by Crippen LogP contribution is 2.19. The molecule has 1 fully saturated rings. The normalized spacial score (nSPS) is 16.9. The number of halogens is 2. The Bertz CT molecular complexity index is 841. The van der Waals surface area contributed by atoms with Gasteiger partial charge in [0.25, 0.3) is 0 Å². The van der Waals surface area contributed by atoms with Gasteiger partial charge < -0.3 is 10.0 Å². The van der Waals surface area contributed by atoms with E-state index >= 15 is 0 Å². The molecule has 1 saturated heterocycles. The molecule has 2 heterocycles. The van der Waals surface area contributed by atoms with E-state index in [1.807, 2.05) is 32.9 Å². The highest BCUT2D eigenvalue weighted by atomic mass is 79.9. The number of aliphatic hydroxyl groups is 1. The number of hydrogen-bond donors (Lipinski definition) is 1. The summed E-state index contributed by atoms with van der Waals surface area (Å²) in [6.07, 6.45) is 8.92. The number of anilines is 1. The van der Waals surface area contributed by atoms with E-state index in [1.54, 1.807) is 24.4 Å². The highest BCUT2D eigenvalue weighted by Gasteiger charge is 2.19. The van der Waals surface area contributed by atoms with Gasteiger partial charge in [-0.05, 0) is 41.8 Å². The van der Waals surface area contributed by atoms with Gasteiger partial charge in [0.05, 0.1) is 7.18 Å². The van der Waals surface area contributed by atoms with Crippen molar-refractivity contribution in [3.63, 3.8) is 0 Å². The molecule has 168 valence electrons. The molecule has 0 amide bonds. The van der Waals surface area contributed by atoms with E-state index in [4.69, 9.17) is 0 Å². The molecule has 1 aromatic rings. The number of aliphatic imine (C=N–C) groups is 1. The second kappa shape index (κ2) is 15.4. The maximum absolute atomic E-state index is 10.8. The van der Waals surface area contributed by atoms with Crippen molar-refractivity contribution in [1.29, 1.82) is 0 Å². The molecule has 6 heteroatoms. The van der Waals surface area contributed by atoms with E-state index < -0.39 is 0 Å². The third kappa shape index (κ3) is 9.09. The first-order valence-corrected chi connectivity index (χ1v) is 11.2. The lowest BCUT2D eigenvalue weighted by molar-refractivity contribution is 0.276. The number of aliphatic hydroxyl groups excluding tert-OH is 1. The Morgan fingerprint density at radius 2 is 1.81 bits per heavy atom. The van der Waals surface area contributed by atoms with Gasteiger partial charge in [-0.25, -0.2) is 0 Å². The van der Waals surface area contributed by atoms with Gasteiger partial charge in [0.15, 0.2) is 0 Å². The predicted octanol–water partition coefficient (Wildman–Crippen LogP) is 6.21. The number of alkyl halides is 1. The van der Waals surface area contributed by atoms with Gasteiger partial charge in [0, 0.05) is 56.3 Å².